The van der Waals surface area contributed by atoms with Crippen molar-refractivity contribution in [2.24, 2.45) is 0 Å². The smallest absolute Gasteiger partial charge is 0.230 e. The molecular weight excluding hydrogens is 332 g/mol. The second-order valence-electron chi connectivity index (χ2n) is 6.37. The van der Waals surface area contributed by atoms with Crippen molar-refractivity contribution in [3.05, 3.63) is 39.8 Å². The molecule has 2 rings (SSSR count). The quantitative estimate of drug-likeness (QED) is 0.782. The van der Waals surface area contributed by atoms with E-state index in [-0.39, 0.29) is 5.91 Å². The Morgan fingerprint density at radius 3 is 2.56 bits per heavy atom. The Balaban J connectivity index is 1.99. The van der Waals surface area contributed by atoms with Gasteiger partial charge in [-0.05, 0) is 58.6 Å². The fourth-order valence-electron chi connectivity index (χ4n) is 2.71. The molecule has 1 heterocycles. The molecular formula is C19H28N4OS. The number of aryl methyl sites for hydroxylation is 1. The zero-order chi connectivity index (χ0) is 18.4. The van der Waals surface area contributed by atoms with Crippen molar-refractivity contribution in [2.75, 3.05) is 37.4 Å². The van der Waals surface area contributed by atoms with E-state index in [0.29, 0.717) is 6.42 Å². The average Bonchev–Trinajstić information content (AvgIpc) is 2.97. The highest BCUT2D eigenvalue weighted by molar-refractivity contribution is 7.09. The maximum atomic E-state index is 12.3. The second-order valence-corrected chi connectivity index (χ2v) is 7.31. The third kappa shape index (κ3) is 5.54. The predicted molar refractivity (Wildman–Crippen MR) is 107 cm³/mol. The third-order valence-corrected chi connectivity index (χ3v) is 4.89. The molecule has 0 saturated carbocycles. The van der Waals surface area contributed by atoms with Crippen molar-refractivity contribution in [2.45, 2.75) is 33.7 Å². The summed E-state index contributed by atoms with van der Waals surface area (Å²) >= 11 is 1.60. The molecule has 0 saturated heterocycles. The number of hydrogen-bond donors (Lipinski definition) is 1. The van der Waals surface area contributed by atoms with Crippen LogP contribution in [0, 0.1) is 6.92 Å². The van der Waals surface area contributed by atoms with Gasteiger partial charge in [0, 0.05) is 36.4 Å². The van der Waals surface area contributed by atoms with Gasteiger partial charge in [-0.2, -0.15) is 0 Å². The van der Waals surface area contributed by atoms with Crippen LogP contribution >= 0.6 is 11.3 Å². The molecule has 2 aromatic rings. The van der Waals surface area contributed by atoms with Crippen LogP contribution in [0.2, 0.25) is 0 Å². The van der Waals surface area contributed by atoms with Gasteiger partial charge in [0.1, 0.15) is 5.01 Å². The Bertz CT molecular complexity index is 707. The number of rotatable bonds is 8. The molecule has 0 radical (unpaired) electrons. The monoisotopic (exact) mass is 360 g/mol. The van der Waals surface area contributed by atoms with Gasteiger partial charge in [0.15, 0.2) is 0 Å². The van der Waals surface area contributed by atoms with Crippen LogP contribution < -0.4 is 10.2 Å². The molecule has 136 valence electrons. The lowest BCUT2D eigenvalue weighted by atomic mass is 10.1. The summed E-state index contributed by atoms with van der Waals surface area (Å²) in [4.78, 5) is 21.2. The number of aromatic nitrogens is 1. The predicted octanol–water partition coefficient (Wildman–Crippen LogP) is 3.54. The minimum Gasteiger partial charge on any atom is -0.372 e. The van der Waals surface area contributed by atoms with Crippen LogP contribution in [0.1, 0.15) is 30.1 Å². The van der Waals surface area contributed by atoms with E-state index in [0.717, 1.165) is 41.6 Å². The van der Waals surface area contributed by atoms with Crippen molar-refractivity contribution in [1.29, 1.82) is 0 Å². The molecule has 0 bridgehead atoms. The van der Waals surface area contributed by atoms with E-state index in [1.165, 1.54) is 5.69 Å². The highest BCUT2D eigenvalue weighted by Crippen LogP contribution is 2.23. The van der Waals surface area contributed by atoms with Gasteiger partial charge >= 0.3 is 0 Å². The summed E-state index contributed by atoms with van der Waals surface area (Å²) in [7, 11) is 4.02. The van der Waals surface area contributed by atoms with Crippen molar-refractivity contribution in [3.8, 4) is 0 Å². The van der Waals surface area contributed by atoms with Crippen molar-refractivity contribution in [3.63, 3.8) is 0 Å². The minimum absolute atomic E-state index is 0.0274. The molecule has 5 nitrogen and oxygen atoms in total. The Labute approximate surface area is 154 Å². The molecule has 1 N–H and O–H groups in total. The maximum Gasteiger partial charge on any atom is 0.230 e. The summed E-state index contributed by atoms with van der Waals surface area (Å²) < 4.78 is 0. The molecule has 1 amide bonds. The van der Waals surface area contributed by atoms with Crippen LogP contribution in [0.25, 0.3) is 0 Å². The van der Waals surface area contributed by atoms with Gasteiger partial charge in [-0.1, -0.05) is 0 Å². The van der Waals surface area contributed by atoms with Crippen LogP contribution in [-0.2, 0) is 17.8 Å². The summed E-state index contributed by atoms with van der Waals surface area (Å²) in [5.41, 5.74) is 3.96. The SMILES string of the molecule is CCN(CC)c1ccc(NC(=O)Cc2csc(CN(C)C)n2)c(C)c1. The highest BCUT2D eigenvalue weighted by Gasteiger charge is 2.11. The number of thiazole rings is 1. The molecule has 0 spiro atoms. The topological polar surface area (TPSA) is 48.5 Å². The Morgan fingerprint density at radius 2 is 1.96 bits per heavy atom. The first-order valence-corrected chi connectivity index (χ1v) is 9.54. The van der Waals surface area contributed by atoms with Crippen LogP contribution in [-0.4, -0.2) is 43.0 Å². The van der Waals surface area contributed by atoms with Crippen molar-refractivity contribution in [1.82, 2.24) is 9.88 Å². The van der Waals surface area contributed by atoms with Gasteiger partial charge in [0.2, 0.25) is 5.91 Å². The first-order chi connectivity index (χ1) is 11.9. The average molecular weight is 361 g/mol. The Morgan fingerprint density at radius 1 is 1.24 bits per heavy atom. The molecule has 0 aliphatic carbocycles. The van der Waals surface area contributed by atoms with Crippen molar-refractivity contribution < 1.29 is 4.79 Å². The van der Waals surface area contributed by atoms with Gasteiger partial charge in [0.25, 0.3) is 0 Å². The lowest BCUT2D eigenvalue weighted by Gasteiger charge is -2.22. The van der Waals surface area contributed by atoms with E-state index in [1.807, 2.05) is 32.5 Å². The number of amides is 1. The van der Waals surface area contributed by atoms with Gasteiger partial charge in [-0.25, -0.2) is 4.98 Å². The van der Waals surface area contributed by atoms with Gasteiger partial charge in [-0.3, -0.25) is 4.79 Å². The summed E-state index contributed by atoms with van der Waals surface area (Å²) in [5.74, 6) is -0.0274. The molecule has 0 aliphatic rings. The number of nitrogens with one attached hydrogen (secondary N) is 1. The van der Waals surface area contributed by atoms with E-state index >= 15 is 0 Å². The van der Waals surface area contributed by atoms with E-state index in [2.05, 4.69) is 46.1 Å². The second kappa shape index (κ2) is 8.97. The highest BCUT2D eigenvalue weighted by atomic mass is 32.1. The first-order valence-electron chi connectivity index (χ1n) is 8.66. The zero-order valence-electron chi connectivity index (χ0n) is 15.8. The summed E-state index contributed by atoms with van der Waals surface area (Å²) in [6.45, 7) is 9.07. The molecule has 0 fully saturated rings. The van der Waals surface area contributed by atoms with Gasteiger partial charge in [-0.15, -0.1) is 11.3 Å². The maximum absolute atomic E-state index is 12.3. The lowest BCUT2D eigenvalue weighted by molar-refractivity contribution is -0.115. The largest absolute Gasteiger partial charge is 0.372 e. The van der Waals surface area contributed by atoms with Crippen LogP contribution in [0.5, 0.6) is 0 Å². The summed E-state index contributed by atoms with van der Waals surface area (Å²) in [5, 5.41) is 6.01. The van der Waals surface area contributed by atoms with Crippen LogP contribution in [0.3, 0.4) is 0 Å². The lowest BCUT2D eigenvalue weighted by Crippen LogP contribution is -2.22. The van der Waals surface area contributed by atoms with Gasteiger partial charge in [0.05, 0.1) is 12.1 Å². The number of anilines is 2. The number of hydrogen-bond acceptors (Lipinski definition) is 5. The van der Waals surface area contributed by atoms with E-state index in [1.54, 1.807) is 11.3 Å². The van der Waals surface area contributed by atoms with Crippen LogP contribution in [0.4, 0.5) is 11.4 Å². The fraction of sp³-hybridized carbons (Fsp3) is 0.474. The Hall–Kier alpha value is -1.92. The molecule has 25 heavy (non-hydrogen) atoms. The number of benzene rings is 1. The normalized spacial score (nSPS) is 11.0. The van der Waals surface area contributed by atoms with E-state index in [9.17, 15) is 4.79 Å². The molecule has 1 aromatic heterocycles. The molecule has 6 heteroatoms. The fourth-order valence-corrected chi connectivity index (χ4v) is 3.62. The third-order valence-electron chi connectivity index (χ3n) is 4.01. The Kier molecular flexibility index (Phi) is 6.96. The zero-order valence-corrected chi connectivity index (χ0v) is 16.6. The standard InChI is InChI=1S/C19H28N4OS/c1-6-23(7-2)16-8-9-17(14(3)10-16)21-18(24)11-15-13-25-19(20-15)12-22(4)5/h8-10,13H,6-7,11-12H2,1-5H3,(H,21,24). The first kappa shape index (κ1) is 19.4. The van der Waals surface area contributed by atoms with E-state index in [4.69, 9.17) is 0 Å². The number of carbonyl (C=O) groups excluding carboxylic acids is 1. The summed E-state index contributed by atoms with van der Waals surface area (Å²) in [6, 6.07) is 6.17. The molecule has 0 atom stereocenters. The van der Waals surface area contributed by atoms with E-state index < -0.39 is 0 Å². The summed E-state index contributed by atoms with van der Waals surface area (Å²) in [6.07, 6.45) is 0.307. The van der Waals surface area contributed by atoms with Gasteiger partial charge < -0.3 is 15.1 Å². The number of nitrogens with zero attached hydrogens (tertiary/aromatic N) is 3. The molecule has 0 unspecified atom stereocenters. The number of carbonyl (C=O) groups is 1. The molecule has 1 aromatic carbocycles. The molecule has 0 aliphatic heterocycles. The van der Waals surface area contributed by atoms with Crippen molar-refractivity contribution >= 4 is 28.6 Å². The minimum atomic E-state index is -0.0274. The van der Waals surface area contributed by atoms with Crippen LogP contribution in [0.15, 0.2) is 23.6 Å².